The Morgan fingerprint density at radius 2 is 2.09 bits per heavy atom. The van der Waals surface area contributed by atoms with Crippen LogP contribution >= 0.6 is 0 Å². The number of hydrogen-bond acceptors (Lipinski definition) is 2. The standard InChI is InChI=1S/C19H19FO3/c20-17-11-13(7-8-15(17)9-10-19(21)22)12-23-18-6-2-4-14-3-1-5-16(14)18/h2,4,6-8,11H,1,3,5,9-10,12H2,(H,21,22). The van der Waals surface area contributed by atoms with Crippen LogP contribution in [-0.2, 0) is 30.7 Å². The quantitative estimate of drug-likeness (QED) is 0.879. The molecule has 1 aliphatic rings. The molecule has 0 radical (unpaired) electrons. The third kappa shape index (κ3) is 3.70. The summed E-state index contributed by atoms with van der Waals surface area (Å²) < 4.78 is 19.9. The van der Waals surface area contributed by atoms with Gasteiger partial charge in [-0.25, -0.2) is 4.39 Å². The van der Waals surface area contributed by atoms with Gasteiger partial charge in [0.15, 0.2) is 0 Å². The molecule has 0 heterocycles. The van der Waals surface area contributed by atoms with Crippen LogP contribution in [0.15, 0.2) is 36.4 Å². The Labute approximate surface area is 134 Å². The van der Waals surface area contributed by atoms with Crippen molar-refractivity contribution in [3.63, 3.8) is 0 Å². The lowest BCUT2D eigenvalue weighted by Crippen LogP contribution is -2.02. The van der Waals surface area contributed by atoms with E-state index in [1.165, 1.54) is 17.2 Å². The number of aryl methyl sites for hydroxylation is 2. The molecule has 0 saturated carbocycles. The van der Waals surface area contributed by atoms with Gasteiger partial charge in [0.25, 0.3) is 0 Å². The SMILES string of the molecule is O=C(O)CCc1ccc(COc2cccc3c2CCC3)cc1F. The Balaban J connectivity index is 1.66. The van der Waals surface area contributed by atoms with Crippen molar-refractivity contribution in [2.75, 3.05) is 0 Å². The fraction of sp³-hybridized carbons (Fsp3) is 0.316. The van der Waals surface area contributed by atoms with Gasteiger partial charge in [0, 0.05) is 6.42 Å². The van der Waals surface area contributed by atoms with Crippen molar-refractivity contribution in [3.05, 3.63) is 64.5 Å². The molecule has 2 aromatic rings. The van der Waals surface area contributed by atoms with E-state index < -0.39 is 5.97 Å². The van der Waals surface area contributed by atoms with E-state index in [0.29, 0.717) is 12.2 Å². The Bertz CT molecular complexity index is 725. The molecule has 0 amide bonds. The number of rotatable bonds is 6. The minimum Gasteiger partial charge on any atom is -0.489 e. The van der Waals surface area contributed by atoms with E-state index in [0.717, 1.165) is 30.6 Å². The molecule has 0 fully saturated rings. The van der Waals surface area contributed by atoms with Crippen LogP contribution in [0.25, 0.3) is 0 Å². The number of aliphatic carboxylic acids is 1. The van der Waals surface area contributed by atoms with Crippen molar-refractivity contribution in [2.24, 2.45) is 0 Å². The van der Waals surface area contributed by atoms with Gasteiger partial charge in [-0.3, -0.25) is 4.79 Å². The van der Waals surface area contributed by atoms with Crippen molar-refractivity contribution in [1.29, 1.82) is 0 Å². The van der Waals surface area contributed by atoms with Crippen molar-refractivity contribution in [3.8, 4) is 5.75 Å². The van der Waals surface area contributed by atoms with E-state index in [-0.39, 0.29) is 18.7 Å². The molecule has 3 rings (SSSR count). The zero-order chi connectivity index (χ0) is 16.2. The molecule has 0 aromatic heterocycles. The van der Waals surface area contributed by atoms with Gasteiger partial charge in [-0.2, -0.15) is 0 Å². The summed E-state index contributed by atoms with van der Waals surface area (Å²) in [5.74, 6) is -0.407. The summed E-state index contributed by atoms with van der Waals surface area (Å²) in [6.45, 7) is 0.312. The Morgan fingerprint density at radius 1 is 1.22 bits per heavy atom. The summed E-state index contributed by atoms with van der Waals surface area (Å²) in [4.78, 5) is 10.6. The van der Waals surface area contributed by atoms with E-state index in [9.17, 15) is 9.18 Å². The maximum atomic E-state index is 14.0. The third-order valence-electron chi connectivity index (χ3n) is 4.22. The second-order valence-electron chi connectivity index (χ2n) is 5.86. The molecule has 0 atom stereocenters. The third-order valence-corrected chi connectivity index (χ3v) is 4.22. The Morgan fingerprint density at radius 3 is 2.87 bits per heavy atom. The molecule has 0 saturated heterocycles. The molecule has 0 aliphatic heterocycles. The van der Waals surface area contributed by atoms with E-state index >= 15 is 0 Å². The van der Waals surface area contributed by atoms with Gasteiger partial charge in [0.1, 0.15) is 18.2 Å². The summed E-state index contributed by atoms with van der Waals surface area (Å²) in [5, 5.41) is 8.66. The monoisotopic (exact) mass is 314 g/mol. The van der Waals surface area contributed by atoms with Crippen LogP contribution in [0.5, 0.6) is 5.75 Å². The largest absolute Gasteiger partial charge is 0.489 e. The number of halogens is 1. The minimum atomic E-state index is -0.922. The summed E-state index contributed by atoms with van der Waals surface area (Å²) in [6.07, 6.45) is 3.42. The fourth-order valence-corrected chi connectivity index (χ4v) is 3.01. The molecule has 1 aliphatic carbocycles. The van der Waals surface area contributed by atoms with Gasteiger partial charge >= 0.3 is 5.97 Å². The van der Waals surface area contributed by atoms with Gasteiger partial charge < -0.3 is 9.84 Å². The van der Waals surface area contributed by atoms with Crippen molar-refractivity contribution in [1.82, 2.24) is 0 Å². The lowest BCUT2D eigenvalue weighted by molar-refractivity contribution is -0.136. The highest BCUT2D eigenvalue weighted by Gasteiger charge is 2.15. The number of fused-ring (bicyclic) bond motifs is 1. The first-order chi connectivity index (χ1) is 11.1. The Hall–Kier alpha value is -2.36. The van der Waals surface area contributed by atoms with Gasteiger partial charge in [0.2, 0.25) is 0 Å². The molecule has 0 unspecified atom stereocenters. The van der Waals surface area contributed by atoms with E-state index in [1.54, 1.807) is 12.1 Å². The normalized spacial score (nSPS) is 12.9. The summed E-state index contributed by atoms with van der Waals surface area (Å²) in [7, 11) is 0. The number of ether oxygens (including phenoxy) is 1. The van der Waals surface area contributed by atoms with E-state index in [4.69, 9.17) is 9.84 Å². The fourth-order valence-electron chi connectivity index (χ4n) is 3.01. The van der Waals surface area contributed by atoms with Crippen molar-refractivity contribution >= 4 is 5.97 Å². The molecule has 3 nitrogen and oxygen atoms in total. The minimum absolute atomic E-state index is 0.0665. The number of hydrogen-bond donors (Lipinski definition) is 1. The van der Waals surface area contributed by atoms with Crippen LogP contribution in [0.2, 0.25) is 0 Å². The number of benzene rings is 2. The number of carboxylic acid groups (broad SMARTS) is 1. The van der Waals surface area contributed by atoms with Gasteiger partial charge in [-0.05, 0) is 60.1 Å². The maximum absolute atomic E-state index is 14.0. The average Bonchev–Trinajstić information content (AvgIpc) is 3.01. The van der Waals surface area contributed by atoms with Crippen LogP contribution in [0, 0.1) is 5.82 Å². The van der Waals surface area contributed by atoms with Gasteiger partial charge in [-0.15, -0.1) is 0 Å². The lowest BCUT2D eigenvalue weighted by atomic mass is 10.1. The molecule has 0 bridgehead atoms. The molecular formula is C19H19FO3. The molecule has 2 aromatic carbocycles. The molecule has 120 valence electrons. The second-order valence-corrected chi connectivity index (χ2v) is 5.86. The second kappa shape index (κ2) is 6.82. The van der Waals surface area contributed by atoms with Crippen LogP contribution in [-0.4, -0.2) is 11.1 Å². The lowest BCUT2D eigenvalue weighted by Gasteiger charge is -2.11. The van der Waals surface area contributed by atoms with Crippen LogP contribution in [0.1, 0.15) is 35.1 Å². The summed E-state index contributed by atoms with van der Waals surface area (Å²) >= 11 is 0. The first kappa shape index (κ1) is 15.5. The van der Waals surface area contributed by atoms with Crippen molar-refractivity contribution in [2.45, 2.75) is 38.7 Å². The topological polar surface area (TPSA) is 46.5 Å². The molecule has 0 spiro atoms. The highest BCUT2D eigenvalue weighted by atomic mass is 19.1. The van der Waals surface area contributed by atoms with E-state index in [1.807, 2.05) is 12.1 Å². The van der Waals surface area contributed by atoms with Crippen LogP contribution < -0.4 is 4.74 Å². The zero-order valence-corrected chi connectivity index (χ0v) is 12.8. The molecule has 23 heavy (non-hydrogen) atoms. The smallest absolute Gasteiger partial charge is 0.303 e. The van der Waals surface area contributed by atoms with Crippen molar-refractivity contribution < 1.29 is 19.0 Å². The first-order valence-corrected chi connectivity index (χ1v) is 7.86. The summed E-state index contributed by atoms with van der Waals surface area (Å²) in [5.41, 5.74) is 3.79. The average molecular weight is 314 g/mol. The summed E-state index contributed by atoms with van der Waals surface area (Å²) in [6, 6.07) is 11.0. The predicted octanol–water partition coefficient (Wildman–Crippen LogP) is 3.91. The highest BCUT2D eigenvalue weighted by molar-refractivity contribution is 5.67. The molecular weight excluding hydrogens is 295 g/mol. The number of carboxylic acids is 1. The Kier molecular flexibility index (Phi) is 4.60. The van der Waals surface area contributed by atoms with E-state index in [2.05, 4.69) is 6.07 Å². The van der Waals surface area contributed by atoms with Gasteiger partial charge in [-0.1, -0.05) is 24.3 Å². The van der Waals surface area contributed by atoms with Crippen LogP contribution in [0.3, 0.4) is 0 Å². The maximum Gasteiger partial charge on any atom is 0.303 e. The predicted molar refractivity (Wildman–Crippen MR) is 85.2 cm³/mol. The van der Waals surface area contributed by atoms with Crippen LogP contribution in [0.4, 0.5) is 4.39 Å². The zero-order valence-electron chi connectivity index (χ0n) is 12.8. The molecule has 1 N–H and O–H groups in total. The number of carbonyl (C=O) groups is 1. The highest BCUT2D eigenvalue weighted by Crippen LogP contribution is 2.31. The van der Waals surface area contributed by atoms with Gasteiger partial charge in [0.05, 0.1) is 0 Å². The first-order valence-electron chi connectivity index (χ1n) is 7.86. The molecule has 4 heteroatoms.